The second-order valence-corrected chi connectivity index (χ2v) is 5.07. The van der Waals surface area contributed by atoms with Gasteiger partial charge < -0.3 is 10.0 Å². The van der Waals surface area contributed by atoms with E-state index >= 15 is 0 Å². The van der Waals surface area contributed by atoms with Crippen molar-refractivity contribution in [1.82, 2.24) is 14.7 Å². The average Bonchev–Trinajstić information content (AvgIpc) is 2.82. The van der Waals surface area contributed by atoms with Crippen LogP contribution in [0.25, 0.3) is 0 Å². The highest BCUT2D eigenvalue weighted by Crippen LogP contribution is 2.22. The highest BCUT2D eigenvalue weighted by atomic mass is 16.4. The number of hydrogen-bond donors (Lipinski definition) is 1. The van der Waals surface area contributed by atoms with Crippen LogP contribution in [0.1, 0.15) is 36.2 Å². The van der Waals surface area contributed by atoms with Gasteiger partial charge in [-0.05, 0) is 31.2 Å². The molecule has 1 fully saturated rings. The molecule has 0 saturated carbocycles. The van der Waals surface area contributed by atoms with Crippen molar-refractivity contribution in [2.24, 2.45) is 13.0 Å². The lowest BCUT2D eigenvalue weighted by Gasteiger charge is -2.32. The van der Waals surface area contributed by atoms with Crippen LogP contribution in [0.15, 0.2) is 12.3 Å². The number of aliphatic carboxylic acids is 1. The van der Waals surface area contributed by atoms with Gasteiger partial charge in [-0.1, -0.05) is 0 Å². The molecule has 104 valence electrons. The van der Waals surface area contributed by atoms with E-state index in [9.17, 15) is 9.59 Å². The minimum Gasteiger partial charge on any atom is -0.481 e. The lowest BCUT2D eigenvalue weighted by atomic mass is 9.93. The highest BCUT2D eigenvalue weighted by molar-refractivity contribution is 5.92. The van der Waals surface area contributed by atoms with Crippen LogP contribution in [0.3, 0.4) is 0 Å². The summed E-state index contributed by atoms with van der Waals surface area (Å²) in [6.45, 7) is 1.38. The van der Waals surface area contributed by atoms with Gasteiger partial charge in [-0.3, -0.25) is 14.3 Å². The van der Waals surface area contributed by atoms with Crippen molar-refractivity contribution in [2.75, 3.05) is 13.1 Å². The number of hydrogen-bond acceptors (Lipinski definition) is 3. The van der Waals surface area contributed by atoms with Gasteiger partial charge in [0.1, 0.15) is 5.69 Å². The van der Waals surface area contributed by atoms with E-state index in [2.05, 4.69) is 5.10 Å². The topological polar surface area (TPSA) is 75.4 Å². The minimum atomic E-state index is -0.770. The molecule has 0 aliphatic carbocycles. The molecule has 2 heterocycles. The SMILES string of the molecule is Cn1ccc(C(=O)N2CCCC(CCC(=O)O)C2)n1. The Morgan fingerprint density at radius 1 is 1.53 bits per heavy atom. The van der Waals surface area contributed by atoms with Crippen LogP contribution in [0, 0.1) is 5.92 Å². The third-order valence-corrected chi connectivity index (χ3v) is 3.51. The lowest BCUT2D eigenvalue weighted by molar-refractivity contribution is -0.137. The fourth-order valence-corrected chi connectivity index (χ4v) is 2.50. The summed E-state index contributed by atoms with van der Waals surface area (Å²) in [7, 11) is 1.78. The number of amides is 1. The number of likely N-dealkylation sites (tertiary alicyclic amines) is 1. The van der Waals surface area contributed by atoms with E-state index < -0.39 is 5.97 Å². The average molecular weight is 265 g/mol. The molecule has 19 heavy (non-hydrogen) atoms. The number of carboxylic acids is 1. The Hall–Kier alpha value is -1.85. The number of carbonyl (C=O) groups is 2. The first-order valence-electron chi connectivity index (χ1n) is 6.57. The molecule has 6 nitrogen and oxygen atoms in total. The molecule has 0 spiro atoms. The zero-order valence-electron chi connectivity index (χ0n) is 11.1. The normalized spacial score (nSPS) is 19.4. The monoisotopic (exact) mass is 265 g/mol. The van der Waals surface area contributed by atoms with Crippen LogP contribution in [0.2, 0.25) is 0 Å². The van der Waals surface area contributed by atoms with Gasteiger partial charge in [-0.25, -0.2) is 0 Å². The van der Waals surface area contributed by atoms with Gasteiger partial charge in [-0.2, -0.15) is 5.10 Å². The summed E-state index contributed by atoms with van der Waals surface area (Å²) < 4.78 is 1.61. The number of rotatable bonds is 4. The summed E-state index contributed by atoms with van der Waals surface area (Å²) in [5.41, 5.74) is 0.460. The Balaban J connectivity index is 1.93. The van der Waals surface area contributed by atoms with Crippen LogP contribution in [0.5, 0.6) is 0 Å². The zero-order chi connectivity index (χ0) is 13.8. The van der Waals surface area contributed by atoms with Crippen molar-refractivity contribution in [3.05, 3.63) is 18.0 Å². The van der Waals surface area contributed by atoms with Crippen molar-refractivity contribution < 1.29 is 14.7 Å². The van der Waals surface area contributed by atoms with E-state index in [0.717, 1.165) is 19.4 Å². The van der Waals surface area contributed by atoms with Gasteiger partial charge >= 0.3 is 5.97 Å². The molecule has 2 rings (SSSR count). The number of carboxylic acid groups (broad SMARTS) is 1. The molecule has 1 atom stereocenters. The quantitative estimate of drug-likeness (QED) is 0.885. The molecular formula is C13H19N3O3. The Bertz CT molecular complexity index is 469. The van der Waals surface area contributed by atoms with Gasteiger partial charge in [0.25, 0.3) is 5.91 Å². The number of nitrogens with zero attached hydrogens (tertiary/aromatic N) is 3. The first-order chi connectivity index (χ1) is 9.06. The summed E-state index contributed by atoms with van der Waals surface area (Å²) in [5, 5.41) is 12.8. The van der Waals surface area contributed by atoms with Crippen LogP contribution >= 0.6 is 0 Å². The number of aryl methyl sites for hydroxylation is 1. The molecule has 0 bridgehead atoms. The molecule has 1 aliphatic heterocycles. The highest BCUT2D eigenvalue weighted by Gasteiger charge is 2.25. The van der Waals surface area contributed by atoms with Gasteiger partial charge in [0, 0.05) is 32.8 Å². The van der Waals surface area contributed by atoms with Crippen LogP contribution in [0.4, 0.5) is 0 Å². The van der Waals surface area contributed by atoms with Crippen molar-refractivity contribution in [2.45, 2.75) is 25.7 Å². The molecule has 1 unspecified atom stereocenters. The van der Waals surface area contributed by atoms with E-state index in [1.165, 1.54) is 0 Å². The number of piperidine rings is 1. The van der Waals surface area contributed by atoms with E-state index in [-0.39, 0.29) is 18.2 Å². The fourth-order valence-electron chi connectivity index (χ4n) is 2.50. The molecule has 6 heteroatoms. The van der Waals surface area contributed by atoms with Crippen molar-refractivity contribution in [3.63, 3.8) is 0 Å². The largest absolute Gasteiger partial charge is 0.481 e. The Labute approximate surface area is 112 Å². The maximum absolute atomic E-state index is 12.2. The molecule has 1 aromatic rings. The van der Waals surface area contributed by atoms with E-state index in [0.29, 0.717) is 18.7 Å². The number of aromatic nitrogens is 2. The molecule has 1 N–H and O–H groups in total. The summed E-state index contributed by atoms with van der Waals surface area (Å²) in [4.78, 5) is 24.6. The molecule has 1 aliphatic rings. The number of carbonyl (C=O) groups excluding carboxylic acids is 1. The molecule has 1 aromatic heterocycles. The standard InChI is InChI=1S/C13H19N3O3/c1-15-8-6-11(14-15)13(19)16-7-2-3-10(9-16)4-5-12(17)18/h6,8,10H,2-5,7,9H2,1H3,(H,17,18). The zero-order valence-corrected chi connectivity index (χ0v) is 11.1. The maximum atomic E-state index is 12.2. The van der Waals surface area contributed by atoms with Crippen LogP contribution in [-0.4, -0.2) is 44.8 Å². The Morgan fingerprint density at radius 2 is 2.32 bits per heavy atom. The molecular weight excluding hydrogens is 246 g/mol. The predicted molar refractivity (Wildman–Crippen MR) is 68.7 cm³/mol. The summed E-state index contributed by atoms with van der Waals surface area (Å²) >= 11 is 0. The Morgan fingerprint density at radius 3 is 2.95 bits per heavy atom. The van der Waals surface area contributed by atoms with Crippen molar-refractivity contribution in [1.29, 1.82) is 0 Å². The van der Waals surface area contributed by atoms with E-state index in [1.807, 2.05) is 0 Å². The first kappa shape index (κ1) is 13.6. The maximum Gasteiger partial charge on any atom is 0.303 e. The first-order valence-corrected chi connectivity index (χ1v) is 6.57. The van der Waals surface area contributed by atoms with Crippen molar-refractivity contribution >= 4 is 11.9 Å². The third kappa shape index (κ3) is 3.56. The van der Waals surface area contributed by atoms with Crippen LogP contribution < -0.4 is 0 Å². The fraction of sp³-hybridized carbons (Fsp3) is 0.615. The van der Waals surface area contributed by atoms with Gasteiger partial charge in [0.05, 0.1) is 0 Å². The van der Waals surface area contributed by atoms with Crippen molar-refractivity contribution in [3.8, 4) is 0 Å². The molecule has 0 radical (unpaired) electrons. The third-order valence-electron chi connectivity index (χ3n) is 3.51. The summed E-state index contributed by atoms with van der Waals surface area (Å²) in [5.74, 6) is -0.536. The van der Waals surface area contributed by atoms with E-state index in [4.69, 9.17) is 5.11 Å². The predicted octanol–water partition coefficient (Wildman–Crippen LogP) is 1.14. The summed E-state index contributed by atoms with van der Waals surface area (Å²) in [6, 6.07) is 1.71. The summed E-state index contributed by atoms with van der Waals surface area (Å²) in [6.07, 6.45) is 4.50. The molecule has 0 aromatic carbocycles. The smallest absolute Gasteiger partial charge is 0.303 e. The second-order valence-electron chi connectivity index (χ2n) is 5.07. The second kappa shape index (κ2) is 5.86. The lowest BCUT2D eigenvalue weighted by Crippen LogP contribution is -2.40. The van der Waals surface area contributed by atoms with Gasteiger partial charge in [0.15, 0.2) is 0 Å². The minimum absolute atomic E-state index is 0.0550. The Kier molecular flexibility index (Phi) is 4.19. The van der Waals surface area contributed by atoms with Gasteiger partial charge in [-0.15, -0.1) is 0 Å². The van der Waals surface area contributed by atoms with E-state index in [1.54, 1.807) is 28.9 Å². The van der Waals surface area contributed by atoms with Gasteiger partial charge in [0.2, 0.25) is 0 Å². The molecule has 1 amide bonds. The van der Waals surface area contributed by atoms with Crippen LogP contribution in [-0.2, 0) is 11.8 Å². The molecule has 1 saturated heterocycles.